The predicted molar refractivity (Wildman–Crippen MR) is 182 cm³/mol. The fourth-order valence-corrected chi connectivity index (χ4v) is 8.11. The van der Waals surface area contributed by atoms with E-state index < -0.39 is 22.2 Å². The Balaban J connectivity index is 1.50. The van der Waals surface area contributed by atoms with Crippen molar-refractivity contribution in [1.29, 1.82) is 0 Å². The fourth-order valence-electron chi connectivity index (χ4n) is 8.11. The van der Waals surface area contributed by atoms with Crippen molar-refractivity contribution >= 4 is 76.3 Å². The minimum absolute atomic E-state index is 0.108. The summed E-state index contributed by atoms with van der Waals surface area (Å²) in [4.78, 5) is 0. The molecule has 8 heteroatoms. The zero-order valence-electron chi connectivity index (χ0n) is 27.2. The maximum absolute atomic E-state index is 13.9. The Bertz CT molecular complexity index is 2370. The highest BCUT2D eigenvalue weighted by Crippen LogP contribution is 2.51. The lowest BCUT2D eigenvalue weighted by atomic mass is 9.80. The largest absolute Gasteiger partial charge is 0.714 e. The Morgan fingerprint density at radius 2 is 0.783 bits per heavy atom. The van der Waals surface area contributed by atoms with Crippen molar-refractivity contribution in [1.82, 2.24) is 10.1 Å². The van der Waals surface area contributed by atoms with Gasteiger partial charge in [-0.05, 0) is 132 Å². The molecule has 0 saturated carbocycles. The van der Waals surface area contributed by atoms with E-state index in [2.05, 4.69) is 24.3 Å². The molecule has 0 bridgehead atoms. The van der Waals surface area contributed by atoms with Gasteiger partial charge in [-0.15, -0.1) is 0 Å². The zero-order valence-corrected chi connectivity index (χ0v) is 27.2. The second-order valence-corrected chi connectivity index (χ2v) is 15.4. The van der Waals surface area contributed by atoms with Crippen LogP contribution < -0.4 is 0 Å². The Morgan fingerprint density at radius 1 is 0.478 bits per heavy atom. The van der Waals surface area contributed by atoms with Crippen molar-refractivity contribution in [3.8, 4) is 0 Å². The number of hydrogen-bond donors (Lipinski definition) is 0. The summed E-state index contributed by atoms with van der Waals surface area (Å²) in [6, 6.07) is 20.4. The van der Waals surface area contributed by atoms with Gasteiger partial charge >= 0.3 is 11.7 Å². The van der Waals surface area contributed by atoms with Gasteiger partial charge in [0.15, 0.2) is 11.1 Å². The molecule has 0 aliphatic carbocycles. The minimum Gasteiger partial charge on any atom is -0.714 e. The van der Waals surface area contributed by atoms with E-state index in [9.17, 15) is 20.8 Å². The third-order valence-electron chi connectivity index (χ3n) is 12.4. The van der Waals surface area contributed by atoms with Gasteiger partial charge in [0.2, 0.25) is 0 Å². The van der Waals surface area contributed by atoms with Crippen LogP contribution in [0.3, 0.4) is 0 Å². The summed E-state index contributed by atoms with van der Waals surface area (Å²) < 4.78 is 1.77. The van der Waals surface area contributed by atoms with Crippen LogP contribution in [0.2, 0.25) is 0 Å². The number of nitrogens with zero attached hydrogens (tertiary/aromatic N) is 4. The first-order valence-electron chi connectivity index (χ1n) is 15.8. The lowest BCUT2D eigenvalue weighted by Gasteiger charge is -2.32. The molecule has 0 N–H and O–H groups in total. The lowest BCUT2D eigenvalue weighted by Crippen LogP contribution is -2.53. The summed E-state index contributed by atoms with van der Waals surface area (Å²) in [6.45, 7) is 14.5. The quantitative estimate of drug-likeness (QED) is 0.0861. The van der Waals surface area contributed by atoms with Crippen LogP contribution >= 0.6 is 0 Å². The lowest BCUT2D eigenvalue weighted by molar-refractivity contribution is -0.539. The molecule has 0 amide bonds. The molecule has 2 aliphatic rings. The monoisotopic (exact) mass is 610 g/mol. The van der Waals surface area contributed by atoms with E-state index in [1.54, 1.807) is 0 Å². The predicted octanol–water partition coefficient (Wildman–Crippen LogP) is 7.87. The van der Waals surface area contributed by atoms with Crippen LogP contribution in [0.25, 0.3) is 64.6 Å². The molecule has 0 fully saturated rings. The molecule has 0 spiro atoms. The van der Waals surface area contributed by atoms with Crippen LogP contribution in [-0.4, -0.2) is 53.4 Å². The van der Waals surface area contributed by atoms with Gasteiger partial charge in [-0.25, -0.2) is 0 Å². The van der Waals surface area contributed by atoms with Gasteiger partial charge < -0.3 is 10.4 Å². The summed E-state index contributed by atoms with van der Waals surface area (Å²) in [5.41, 5.74) is -2.64. The van der Waals surface area contributed by atoms with Crippen molar-refractivity contribution in [2.45, 2.75) is 77.5 Å². The molecule has 0 aromatic heterocycles. The first-order valence-corrected chi connectivity index (χ1v) is 15.8. The molecule has 2 aliphatic heterocycles. The SMILES string of the molecule is CC1(C)N([O])C(c2cc3ccc4ccc5cc(C6=[N+]([O-])C(C)(C)C(C)(C)N6[O])c6ccc7ccc2c2c3c4c5c6c72)=[N+]([O-])C1(C)C. The maximum atomic E-state index is 13.9. The van der Waals surface area contributed by atoms with Gasteiger partial charge in [0.25, 0.3) is 0 Å². The third kappa shape index (κ3) is 2.74. The molecular weight excluding hydrogens is 576 g/mol. The van der Waals surface area contributed by atoms with Crippen molar-refractivity contribution in [3.05, 3.63) is 82.2 Å². The fraction of sp³-hybridized carbons (Fsp3) is 0.316. The minimum atomic E-state index is -0.960. The molecule has 230 valence electrons. The molecule has 9 rings (SSSR count). The van der Waals surface area contributed by atoms with Gasteiger partial charge in [-0.2, -0.15) is 0 Å². The Kier molecular flexibility index (Phi) is 4.70. The Labute approximate surface area is 265 Å². The van der Waals surface area contributed by atoms with Crippen LogP contribution in [0.5, 0.6) is 0 Å². The molecular formula is C38H34N4O4. The summed E-state index contributed by atoms with van der Waals surface area (Å²) in [6.07, 6.45) is 0. The summed E-state index contributed by atoms with van der Waals surface area (Å²) in [5.74, 6) is 0.215. The summed E-state index contributed by atoms with van der Waals surface area (Å²) in [5, 5.41) is 69.4. The van der Waals surface area contributed by atoms with E-state index >= 15 is 0 Å². The van der Waals surface area contributed by atoms with Crippen molar-refractivity contribution in [3.63, 3.8) is 0 Å². The van der Waals surface area contributed by atoms with Gasteiger partial charge in [0, 0.05) is 10.4 Å². The molecule has 0 atom stereocenters. The smallest absolute Gasteiger partial charge is 0.317 e. The third-order valence-corrected chi connectivity index (χ3v) is 12.4. The second-order valence-electron chi connectivity index (χ2n) is 15.4. The number of benzene rings is 7. The standard InChI is InChI=1S/C38H34N4O4/c1-35(2)36(3,4)40(44)33(39(35)43)25-17-21-11-9-19-10-12-22-18-26(34-41(45)37(5,6)38(7,8)42(34)46)24-16-14-20-13-15-23(25)31-28(20)32(24)30(22)27(19)29(21)31/h9-18H,1-8H3. The number of hydroxylamine groups is 6. The summed E-state index contributed by atoms with van der Waals surface area (Å²) >= 11 is 0. The summed E-state index contributed by atoms with van der Waals surface area (Å²) in [7, 11) is 0. The van der Waals surface area contributed by atoms with Gasteiger partial charge in [-0.3, -0.25) is 9.48 Å². The van der Waals surface area contributed by atoms with Crippen LogP contribution in [0.4, 0.5) is 0 Å². The molecule has 8 nitrogen and oxygen atoms in total. The molecule has 2 heterocycles. The van der Waals surface area contributed by atoms with Crippen LogP contribution in [0.15, 0.2) is 60.7 Å². The molecule has 0 unspecified atom stereocenters. The van der Waals surface area contributed by atoms with Crippen LogP contribution in [0, 0.1) is 10.4 Å². The highest BCUT2D eigenvalue weighted by Gasteiger charge is 2.61. The van der Waals surface area contributed by atoms with Crippen LogP contribution in [0.1, 0.15) is 66.5 Å². The van der Waals surface area contributed by atoms with E-state index in [1.165, 1.54) is 0 Å². The molecule has 0 saturated heterocycles. The number of rotatable bonds is 2. The molecule has 46 heavy (non-hydrogen) atoms. The van der Waals surface area contributed by atoms with Crippen molar-refractivity contribution in [2.75, 3.05) is 0 Å². The first kappa shape index (κ1) is 27.6. The average molecular weight is 611 g/mol. The normalized spacial score (nSPS) is 21.0. The number of amidine groups is 2. The highest BCUT2D eigenvalue weighted by molar-refractivity contribution is 6.46. The van der Waals surface area contributed by atoms with E-state index in [4.69, 9.17) is 0 Å². The van der Waals surface area contributed by atoms with Crippen molar-refractivity contribution < 1.29 is 19.9 Å². The Hall–Kier alpha value is -4.66. The van der Waals surface area contributed by atoms with E-state index in [1.807, 2.05) is 91.8 Å². The van der Waals surface area contributed by atoms with Gasteiger partial charge in [0.1, 0.15) is 11.1 Å². The molecule has 2 radical (unpaired) electrons. The Morgan fingerprint density at radius 3 is 1.13 bits per heavy atom. The number of hydrogen-bond acceptors (Lipinski definition) is 4. The highest BCUT2D eigenvalue weighted by atomic mass is 16.5. The van der Waals surface area contributed by atoms with Crippen LogP contribution in [-0.2, 0) is 10.4 Å². The molecule has 7 aromatic rings. The topological polar surface area (TPSA) is 98.4 Å². The zero-order chi connectivity index (χ0) is 32.6. The van der Waals surface area contributed by atoms with E-state index in [-0.39, 0.29) is 11.7 Å². The first-order chi connectivity index (χ1) is 21.5. The van der Waals surface area contributed by atoms with Crippen molar-refractivity contribution in [2.24, 2.45) is 0 Å². The van der Waals surface area contributed by atoms with Gasteiger partial charge in [0.05, 0.1) is 11.1 Å². The average Bonchev–Trinajstić information content (AvgIpc) is 3.22. The maximum Gasteiger partial charge on any atom is 0.317 e. The van der Waals surface area contributed by atoms with Gasteiger partial charge in [-0.1, -0.05) is 58.7 Å². The molecule has 7 aromatic carbocycles. The van der Waals surface area contributed by atoms with E-state index in [0.29, 0.717) is 11.1 Å². The second kappa shape index (κ2) is 7.82. The van der Waals surface area contributed by atoms with E-state index in [0.717, 1.165) is 84.2 Å².